The Balaban J connectivity index is 3.16. The molecule has 0 spiro atoms. The third kappa shape index (κ3) is 4.12. The minimum Gasteiger partial charge on any atom is -0.387 e. The van der Waals surface area contributed by atoms with E-state index >= 15 is 0 Å². The lowest BCUT2D eigenvalue weighted by molar-refractivity contribution is -0.136. The molecule has 1 amide bonds. The second kappa shape index (κ2) is 6.83. The van der Waals surface area contributed by atoms with Gasteiger partial charge in [-0.25, -0.2) is 0 Å². The Hall–Kier alpha value is -1.72. The summed E-state index contributed by atoms with van der Waals surface area (Å²) in [7, 11) is 1.38. The van der Waals surface area contributed by atoms with Gasteiger partial charge in [0.25, 0.3) is 5.91 Å². The standard InChI is InChI=1S/C15H21F3N2O/c1-5-12(9(2)3)20-14(21)10-7-6-8-11(13(10)19-4)15(16,17)18/h6-9,12,19H,5H2,1-4H3,(H,20,21). The molecular weight excluding hydrogens is 281 g/mol. The van der Waals surface area contributed by atoms with Crippen LogP contribution in [0.5, 0.6) is 0 Å². The number of carbonyl (C=O) groups excluding carboxylic acids is 1. The van der Waals surface area contributed by atoms with E-state index in [1.54, 1.807) is 0 Å². The van der Waals surface area contributed by atoms with Crippen molar-refractivity contribution >= 4 is 11.6 Å². The average Bonchev–Trinajstić information content (AvgIpc) is 2.42. The minimum absolute atomic E-state index is 0.00595. The van der Waals surface area contributed by atoms with Crippen LogP contribution in [0.3, 0.4) is 0 Å². The quantitative estimate of drug-likeness (QED) is 0.866. The third-order valence-electron chi connectivity index (χ3n) is 3.43. The summed E-state index contributed by atoms with van der Waals surface area (Å²) in [6.45, 7) is 5.84. The van der Waals surface area contributed by atoms with Gasteiger partial charge in [-0.15, -0.1) is 0 Å². The molecule has 0 aliphatic carbocycles. The van der Waals surface area contributed by atoms with E-state index in [-0.39, 0.29) is 23.2 Å². The van der Waals surface area contributed by atoms with Crippen LogP contribution in [0.25, 0.3) is 0 Å². The zero-order valence-corrected chi connectivity index (χ0v) is 12.6. The van der Waals surface area contributed by atoms with Crippen molar-refractivity contribution in [2.75, 3.05) is 12.4 Å². The van der Waals surface area contributed by atoms with Crippen LogP contribution in [0.2, 0.25) is 0 Å². The Morgan fingerprint density at radius 2 is 1.90 bits per heavy atom. The molecule has 0 fully saturated rings. The first-order valence-electron chi connectivity index (χ1n) is 6.91. The summed E-state index contributed by atoms with van der Waals surface area (Å²) >= 11 is 0. The van der Waals surface area contributed by atoms with Crippen molar-refractivity contribution in [2.45, 2.75) is 39.4 Å². The summed E-state index contributed by atoms with van der Waals surface area (Å²) < 4.78 is 38.9. The van der Waals surface area contributed by atoms with Crippen LogP contribution in [-0.2, 0) is 6.18 Å². The largest absolute Gasteiger partial charge is 0.418 e. The predicted octanol–water partition coefficient (Wildman–Crippen LogP) is 3.91. The van der Waals surface area contributed by atoms with E-state index in [1.807, 2.05) is 20.8 Å². The van der Waals surface area contributed by atoms with E-state index in [0.717, 1.165) is 12.5 Å². The maximum atomic E-state index is 13.0. The van der Waals surface area contributed by atoms with E-state index in [1.165, 1.54) is 19.2 Å². The van der Waals surface area contributed by atoms with Crippen LogP contribution in [-0.4, -0.2) is 19.0 Å². The number of rotatable bonds is 5. The predicted molar refractivity (Wildman–Crippen MR) is 77.4 cm³/mol. The molecule has 0 radical (unpaired) electrons. The lowest BCUT2D eigenvalue weighted by atomic mass is 10.0. The molecule has 6 heteroatoms. The number of alkyl halides is 3. The van der Waals surface area contributed by atoms with Crippen LogP contribution in [0.4, 0.5) is 18.9 Å². The molecule has 1 aromatic rings. The van der Waals surface area contributed by atoms with Gasteiger partial charge >= 0.3 is 6.18 Å². The van der Waals surface area contributed by atoms with Gasteiger partial charge in [-0.2, -0.15) is 13.2 Å². The highest BCUT2D eigenvalue weighted by molar-refractivity contribution is 6.00. The highest BCUT2D eigenvalue weighted by atomic mass is 19.4. The summed E-state index contributed by atoms with van der Waals surface area (Å²) in [5, 5.41) is 5.28. The Bertz CT molecular complexity index is 498. The lowest BCUT2D eigenvalue weighted by Crippen LogP contribution is -2.38. The molecule has 0 saturated heterocycles. The van der Waals surface area contributed by atoms with Gasteiger partial charge in [0.05, 0.1) is 16.8 Å². The fraction of sp³-hybridized carbons (Fsp3) is 0.533. The first kappa shape index (κ1) is 17.3. The molecule has 1 atom stereocenters. The number of benzene rings is 1. The number of para-hydroxylation sites is 1. The number of amides is 1. The summed E-state index contributed by atoms with van der Waals surface area (Å²) in [4.78, 5) is 12.3. The van der Waals surface area contributed by atoms with Crippen LogP contribution < -0.4 is 10.6 Å². The fourth-order valence-corrected chi connectivity index (χ4v) is 2.23. The minimum atomic E-state index is -4.50. The summed E-state index contributed by atoms with van der Waals surface area (Å²) in [5.41, 5.74) is -1.03. The van der Waals surface area contributed by atoms with Crippen LogP contribution in [0, 0.1) is 5.92 Å². The van der Waals surface area contributed by atoms with Crippen molar-refractivity contribution in [3.8, 4) is 0 Å². The Kier molecular flexibility index (Phi) is 5.63. The molecular formula is C15H21F3N2O. The molecule has 1 rings (SSSR count). The number of hydrogen-bond acceptors (Lipinski definition) is 2. The Morgan fingerprint density at radius 1 is 1.29 bits per heavy atom. The molecule has 0 saturated carbocycles. The lowest BCUT2D eigenvalue weighted by Gasteiger charge is -2.22. The first-order chi connectivity index (χ1) is 9.72. The van der Waals surface area contributed by atoms with Gasteiger partial charge in [-0.1, -0.05) is 26.8 Å². The molecule has 118 valence electrons. The zero-order chi connectivity index (χ0) is 16.2. The van der Waals surface area contributed by atoms with E-state index in [0.29, 0.717) is 0 Å². The molecule has 0 aliphatic heterocycles. The second-order valence-electron chi connectivity index (χ2n) is 5.21. The third-order valence-corrected chi connectivity index (χ3v) is 3.43. The highest BCUT2D eigenvalue weighted by Gasteiger charge is 2.35. The maximum absolute atomic E-state index is 13.0. The highest BCUT2D eigenvalue weighted by Crippen LogP contribution is 2.36. The van der Waals surface area contributed by atoms with Crippen molar-refractivity contribution in [2.24, 2.45) is 5.92 Å². The smallest absolute Gasteiger partial charge is 0.387 e. The van der Waals surface area contributed by atoms with Gasteiger partial charge in [0, 0.05) is 13.1 Å². The summed E-state index contributed by atoms with van der Waals surface area (Å²) in [6, 6.07) is 3.53. The molecule has 2 N–H and O–H groups in total. The van der Waals surface area contributed by atoms with Crippen LogP contribution >= 0.6 is 0 Å². The van der Waals surface area contributed by atoms with E-state index < -0.39 is 17.6 Å². The normalized spacial score (nSPS) is 13.1. The molecule has 3 nitrogen and oxygen atoms in total. The number of carbonyl (C=O) groups is 1. The van der Waals surface area contributed by atoms with Crippen molar-refractivity contribution < 1.29 is 18.0 Å². The van der Waals surface area contributed by atoms with Crippen molar-refractivity contribution in [3.63, 3.8) is 0 Å². The molecule has 0 bridgehead atoms. The number of hydrogen-bond donors (Lipinski definition) is 2. The van der Waals surface area contributed by atoms with Gasteiger partial charge in [0.15, 0.2) is 0 Å². The van der Waals surface area contributed by atoms with Crippen molar-refractivity contribution in [1.29, 1.82) is 0 Å². The van der Waals surface area contributed by atoms with Gasteiger partial charge in [0.1, 0.15) is 0 Å². The SMILES string of the molecule is CCC(NC(=O)c1cccc(C(F)(F)F)c1NC)C(C)C. The fourth-order valence-electron chi connectivity index (χ4n) is 2.23. The zero-order valence-electron chi connectivity index (χ0n) is 12.6. The molecule has 21 heavy (non-hydrogen) atoms. The average molecular weight is 302 g/mol. The van der Waals surface area contributed by atoms with Crippen LogP contribution in [0.15, 0.2) is 18.2 Å². The summed E-state index contributed by atoms with van der Waals surface area (Å²) in [5.74, 6) is -0.284. The molecule has 0 aromatic heterocycles. The molecule has 0 heterocycles. The molecule has 0 aliphatic rings. The van der Waals surface area contributed by atoms with Gasteiger partial charge in [0.2, 0.25) is 0 Å². The van der Waals surface area contributed by atoms with E-state index in [9.17, 15) is 18.0 Å². The second-order valence-corrected chi connectivity index (χ2v) is 5.21. The summed E-state index contributed by atoms with van der Waals surface area (Å²) in [6.07, 6.45) is -3.78. The van der Waals surface area contributed by atoms with Gasteiger partial charge in [-0.3, -0.25) is 4.79 Å². The monoisotopic (exact) mass is 302 g/mol. The van der Waals surface area contributed by atoms with Gasteiger partial charge < -0.3 is 10.6 Å². The van der Waals surface area contributed by atoms with E-state index in [4.69, 9.17) is 0 Å². The topological polar surface area (TPSA) is 41.1 Å². The van der Waals surface area contributed by atoms with Gasteiger partial charge in [-0.05, 0) is 24.5 Å². The van der Waals surface area contributed by atoms with Crippen molar-refractivity contribution in [1.82, 2.24) is 5.32 Å². The van der Waals surface area contributed by atoms with E-state index in [2.05, 4.69) is 10.6 Å². The molecule has 1 aromatic carbocycles. The maximum Gasteiger partial charge on any atom is 0.418 e. The number of anilines is 1. The Labute approximate surface area is 122 Å². The Morgan fingerprint density at radius 3 is 2.33 bits per heavy atom. The molecule has 1 unspecified atom stereocenters. The number of nitrogens with one attached hydrogen (secondary N) is 2. The first-order valence-corrected chi connectivity index (χ1v) is 6.91. The van der Waals surface area contributed by atoms with Crippen LogP contribution in [0.1, 0.15) is 43.1 Å². The van der Waals surface area contributed by atoms with Crippen molar-refractivity contribution in [3.05, 3.63) is 29.3 Å². The number of halogens is 3.